The zero-order chi connectivity index (χ0) is 15.4. The van der Waals surface area contributed by atoms with Crippen molar-refractivity contribution in [3.05, 3.63) is 50.5 Å². The van der Waals surface area contributed by atoms with Crippen molar-refractivity contribution < 1.29 is 0 Å². The highest BCUT2D eigenvalue weighted by Crippen LogP contribution is 2.08. The van der Waals surface area contributed by atoms with Crippen molar-refractivity contribution in [1.29, 1.82) is 5.41 Å². The molecule has 1 aromatic carbocycles. The quantitative estimate of drug-likeness (QED) is 0.814. The first kappa shape index (κ1) is 16.0. The van der Waals surface area contributed by atoms with E-state index in [2.05, 4.69) is 31.7 Å². The smallest absolute Gasteiger partial charge is 0.0312 e. The van der Waals surface area contributed by atoms with Crippen molar-refractivity contribution in [3.8, 4) is 0 Å². The molecule has 0 spiro atoms. The van der Waals surface area contributed by atoms with E-state index in [4.69, 9.17) is 11.1 Å². The van der Waals surface area contributed by atoms with Crippen LogP contribution in [0.25, 0.3) is 18.7 Å². The average molecular weight is 268 g/mol. The number of hydrogen-bond donors (Lipinski definition) is 2. The third-order valence-electron chi connectivity index (χ3n) is 3.63. The molecule has 0 unspecified atom stereocenters. The van der Waals surface area contributed by atoms with Crippen molar-refractivity contribution in [1.82, 2.24) is 0 Å². The van der Waals surface area contributed by atoms with E-state index < -0.39 is 0 Å². The van der Waals surface area contributed by atoms with Gasteiger partial charge in [-0.05, 0) is 79.5 Å². The SMILES string of the molecule is C=c1c(C)c(/C=C(/C)C(C)=N)cc/c1=C/C(C)=C(/C)N. The first-order valence-corrected chi connectivity index (χ1v) is 6.71. The first-order chi connectivity index (χ1) is 9.23. The van der Waals surface area contributed by atoms with Gasteiger partial charge in [-0.3, -0.25) is 0 Å². The molecule has 2 heteroatoms. The highest BCUT2D eigenvalue weighted by molar-refractivity contribution is 5.99. The van der Waals surface area contributed by atoms with Gasteiger partial charge in [0.05, 0.1) is 0 Å². The van der Waals surface area contributed by atoms with Gasteiger partial charge in [-0.2, -0.15) is 0 Å². The van der Waals surface area contributed by atoms with Gasteiger partial charge in [-0.1, -0.05) is 18.7 Å². The summed E-state index contributed by atoms with van der Waals surface area (Å²) >= 11 is 0. The van der Waals surface area contributed by atoms with Crippen LogP contribution < -0.4 is 16.2 Å². The van der Waals surface area contributed by atoms with Gasteiger partial charge in [0.25, 0.3) is 0 Å². The van der Waals surface area contributed by atoms with Gasteiger partial charge >= 0.3 is 0 Å². The van der Waals surface area contributed by atoms with Gasteiger partial charge in [0.15, 0.2) is 0 Å². The second-order valence-electron chi connectivity index (χ2n) is 5.31. The average Bonchev–Trinajstić information content (AvgIpc) is 2.37. The zero-order valence-electron chi connectivity index (χ0n) is 13.1. The monoisotopic (exact) mass is 268 g/mol. The Morgan fingerprint density at radius 3 is 2.30 bits per heavy atom. The second kappa shape index (κ2) is 6.38. The van der Waals surface area contributed by atoms with Gasteiger partial charge < -0.3 is 11.1 Å². The third-order valence-corrected chi connectivity index (χ3v) is 3.63. The Morgan fingerprint density at radius 2 is 1.80 bits per heavy atom. The Balaban J connectivity index is 3.46. The Labute approximate surface area is 121 Å². The minimum absolute atomic E-state index is 0.586. The van der Waals surface area contributed by atoms with Crippen LogP contribution in [0.15, 0.2) is 29.0 Å². The fourth-order valence-electron chi connectivity index (χ4n) is 1.78. The Hall–Kier alpha value is -2.09. The lowest BCUT2D eigenvalue weighted by molar-refractivity contribution is 1.25. The van der Waals surface area contributed by atoms with Crippen molar-refractivity contribution in [2.75, 3.05) is 0 Å². The Kier molecular flexibility index (Phi) is 5.09. The van der Waals surface area contributed by atoms with E-state index in [0.29, 0.717) is 5.71 Å². The van der Waals surface area contributed by atoms with Gasteiger partial charge in [0.2, 0.25) is 0 Å². The number of rotatable bonds is 3. The molecule has 0 atom stereocenters. The molecule has 0 aliphatic rings. The van der Waals surface area contributed by atoms with Gasteiger partial charge in [-0.15, -0.1) is 0 Å². The van der Waals surface area contributed by atoms with Crippen LogP contribution in [0.4, 0.5) is 0 Å². The van der Waals surface area contributed by atoms with Crippen molar-refractivity contribution >= 4 is 24.4 Å². The van der Waals surface area contributed by atoms with Crippen LogP contribution in [0, 0.1) is 12.3 Å². The fourth-order valence-corrected chi connectivity index (χ4v) is 1.78. The molecule has 20 heavy (non-hydrogen) atoms. The van der Waals surface area contributed by atoms with Crippen LogP contribution in [0.2, 0.25) is 0 Å². The topological polar surface area (TPSA) is 49.9 Å². The summed E-state index contributed by atoms with van der Waals surface area (Å²) in [5.41, 5.74) is 11.5. The van der Waals surface area contributed by atoms with E-state index in [1.54, 1.807) is 6.92 Å². The van der Waals surface area contributed by atoms with Crippen molar-refractivity contribution in [2.45, 2.75) is 34.6 Å². The summed E-state index contributed by atoms with van der Waals surface area (Å²) < 4.78 is 0. The molecule has 106 valence electrons. The molecular weight excluding hydrogens is 244 g/mol. The summed E-state index contributed by atoms with van der Waals surface area (Å²) in [6.45, 7) is 13.9. The summed E-state index contributed by atoms with van der Waals surface area (Å²) in [4.78, 5) is 0. The zero-order valence-corrected chi connectivity index (χ0v) is 13.1. The van der Waals surface area contributed by atoms with E-state index in [1.807, 2.05) is 26.8 Å². The number of nitrogens with two attached hydrogens (primary N) is 1. The van der Waals surface area contributed by atoms with Crippen LogP contribution in [0.5, 0.6) is 0 Å². The largest absolute Gasteiger partial charge is 0.402 e. The van der Waals surface area contributed by atoms with Crippen LogP contribution >= 0.6 is 0 Å². The lowest BCUT2D eigenvalue weighted by Gasteiger charge is -2.05. The Bertz CT molecular complexity index is 700. The molecule has 0 heterocycles. The molecule has 0 fully saturated rings. The molecule has 0 saturated heterocycles. The van der Waals surface area contributed by atoms with E-state index >= 15 is 0 Å². The standard InChI is InChI=1S/C18H24N2/c1-11(15(5)19)9-17-7-8-18(14(4)13(17)3)10-12(2)16(6)20/h7-10,20H,3,19H2,1-2,4-6H3/b12-10-,15-11-,17-9-,20-16?. The van der Waals surface area contributed by atoms with Crippen LogP contribution in [-0.2, 0) is 0 Å². The molecule has 1 rings (SSSR count). The molecule has 0 aliphatic carbocycles. The van der Waals surface area contributed by atoms with Crippen LogP contribution in [0.1, 0.15) is 38.8 Å². The van der Waals surface area contributed by atoms with Gasteiger partial charge in [0, 0.05) is 11.4 Å². The summed E-state index contributed by atoms with van der Waals surface area (Å²) in [6, 6.07) is 4.13. The van der Waals surface area contributed by atoms with E-state index in [-0.39, 0.29) is 0 Å². The normalized spacial score (nSPS) is 14.2. The number of allylic oxidation sites excluding steroid dienone is 3. The van der Waals surface area contributed by atoms with E-state index in [0.717, 1.165) is 38.4 Å². The number of benzene rings is 1. The molecule has 0 aliphatic heterocycles. The maximum atomic E-state index is 7.65. The van der Waals surface area contributed by atoms with Crippen LogP contribution in [-0.4, -0.2) is 5.71 Å². The highest BCUT2D eigenvalue weighted by Gasteiger charge is 2.00. The minimum Gasteiger partial charge on any atom is -0.402 e. The minimum atomic E-state index is 0.586. The van der Waals surface area contributed by atoms with Crippen molar-refractivity contribution in [2.24, 2.45) is 5.73 Å². The fraction of sp³-hybridized carbons (Fsp3) is 0.278. The number of nitrogens with one attached hydrogen (secondary N) is 1. The molecule has 0 bridgehead atoms. The van der Waals surface area contributed by atoms with E-state index in [1.165, 1.54) is 0 Å². The van der Waals surface area contributed by atoms with E-state index in [9.17, 15) is 0 Å². The third kappa shape index (κ3) is 3.70. The maximum Gasteiger partial charge on any atom is 0.0312 e. The highest BCUT2D eigenvalue weighted by atomic mass is 14.5. The molecule has 1 aromatic rings. The maximum absolute atomic E-state index is 7.65. The molecule has 3 N–H and O–H groups in total. The summed E-state index contributed by atoms with van der Waals surface area (Å²) in [6.07, 6.45) is 4.10. The first-order valence-electron chi connectivity index (χ1n) is 6.71. The Morgan fingerprint density at radius 1 is 1.20 bits per heavy atom. The lowest BCUT2D eigenvalue weighted by atomic mass is 10.0. The molecule has 0 amide bonds. The predicted octanol–water partition coefficient (Wildman–Crippen LogP) is 2.88. The summed E-state index contributed by atoms with van der Waals surface area (Å²) in [5.74, 6) is 0. The molecule has 0 saturated carbocycles. The number of hydrogen-bond acceptors (Lipinski definition) is 2. The summed E-state index contributed by atoms with van der Waals surface area (Å²) in [7, 11) is 0. The summed E-state index contributed by atoms with van der Waals surface area (Å²) in [5, 5.41) is 9.74. The van der Waals surface area contributed by atoms with Gasteiger partial charge in [-0.25, -0.2) is 0 Å². The second-order valence-corrected chi connectivity index (χ2v) is 5.31. The predicted molar refractivity (Wildman–Crippen MR) is 90.0 cm³/mol. The van der Waals surface area contributed by atoms with Crippen LogP contribution in [0.3, 0.4) is 0 Å². The van der Waals surface area contributed by atoms with Gasteiger partial charge in [0.1, 0.15) is 0 Å². The lowest BCUT2D eigenvalue weighted by Crippen LogP contribution is -2.26. The van der Waals surface area contributed by atoms with Crippen molar-refractivity contribution in [3.63, 3.8) is 0 Å². The molecule has 0 radical (unpaired) electrons. The molecule has 0 aromatic heterocycles. The molecule has 2 nitrogen and oxygen atoms in total. The molecular formula is C18H24N2.